The average Bonchev–Trinajstić information content (AvgIpc) is 2.24. The van der Waals surface area contributed by atoms with Crippen LogP contribution in [-0.2, 0) is 9.84 Å². The highest BCUT2D eigenvalue weighted by molar-refractivity contribution is 7.91. The van der Waals surface area contributed by atoms with Gasteiger partial charge in [0, 0.05) is 24.4 Å². The summed E-state index contributed by atoms with van der Waals surface area (Å²) in [6, 6.07) is 0.336. The number of hydrogen-bond donors (Lipinski definition) is 1. The van der Waals surface area contributed by atoms with Crippen LogP contribution in [0.4, 0.5) is 0 Å². The van der Waals surface area contributed by atoms with Crippen LogP contribution < -0.4 is 5.32 Å². The summed E-state index contributed by atoms with van der Waals surface area (Å²) in [5.41, 5.74) is 0. The first-order valence-corrected chi connectivity index (χ1v) is 8.35. The fraction of sp³-hybridized carbons (Fsp3) is 1.00. The summed E-state index contributed by atoms with van der Waals surface area (Å²) < 4.78 is 23.0. The van der Waals surface area contributed by atoms with Crippen molar-refractivity contribution in [3.05, 3.63) is 0 Å². The Labute approximate surface area is 107 Å². The maximum Gasteiger partial charge on any atom is 0.151 e. The number of likely N-dealkylation sites (N-methyl/N-ethyl adjacent to an activating group) is 1. The smallest absolute Gasteiger partial charge is 0.151 e. The van der Waals surface area contributed by atoms with Gasteiger partial charge in [0.2, 0.25) is 0 Å². The fourth-order valence-corrected chi connectivity index (χ4v) is 3.05. The van der Waals surface area contributed by atoms with E-state index in [4.69, 9.17) is 0 Å². The van der Waals surface area contributed by atoms with Crippen LogP contribution in [0, 0.1) is 0 Å². The van der Waals surface area contributed by atoms with Crippen LogP contribution in [0.25, 0.3) is 0 Å². The molecule has 0 bridgehead atoms. The standard InChI is InChI=1S/C12H28N2O2S/c1-6-14(7-2)9-11(4)13-12(5)10-17(15,16)8-3/h11-13H,6-10H2,1-5H3. The maximum absolute atomic E-state index is 11.5. The van der Waals surface area contributed by atoms with Crippen LogP contribution in [0.3, 0.4) is 0 Å². The summed E-state index contributed by atoms with van der Waals surface area (Å²) in [7, 11) is -2.88. The molecule has 0 fully saturated rings. The number of sulfone groups is 1. The molecule has 0 heterocycles. The van der Waals surface area contributed by atoms with Crippen LogP contribution in [0.2, 0.25) is 0 Å². The van der Waals surface area contributed by atoms with E-state index in [1.807, 2.05) is 6.92 Å². The van der Waals surface area contributed by atoms with Crippen molar-refractivity contribution in [3.8, 4) is 0 Å². The van der Waals surface area contributed by atoms with Gasteiger partial charge in [-0.3, -0.25) is 0 Å². The van der Waals surface area contributed by atoms with Crippen LogP contribution in [0.5, 0.6) is 0 Å². The van der Waals surface area contributed by atoms with Gasteiger partial charge in [-0.1, -0.05) is 20.8 Å². The highest BCUT2D eigenvalue weighted by Gasteiger charge is 2.16. The molecule has 104 valence electrons. The lowest BCUT2D eigenvalue weighted by atomic mass is 10.2. The van der Waals surface area contributed by atoms with Gasteiger partial charge in [0.25, 0.3) is 0 Å². The van der Waals surface area contributed by atoms with Crippen molar-refractivity contribution >= 4 is 9.84 Å². The Kier molecular flexibility index (Phi) is 8.00. The fourth-order valence-electron chi connectivity index (χ4n) is 1.95. The minimum atomic E-state index is -2.88. The molecule has 0 amide bonds. The Balaban J connectivity index is 4.07. The highest BCUT2D eigenvalue weighted by Crippen LogP contribution is 1.98. The Hall–Kier alpha value is -0.130. The number of nitrogens with zero attached hydrogens (tertiary/aromatic N) is 1. The van der Waals surface area contributed by atoms with E-state index in [2.05, 4.69) is 31.0 Å². The van der Waals surface area contributed by atoms with Crippen LogP contribution in [-0.4, -0.2) is 56.5 Å². The molecule has 2 unspecified atom stereocenters. The molecule has 0 aromatic rings. The van der Waals surface area contributed by atoms with Crippen molar-refractivity contribution in [1.82, 2.24) is 10.2 Å². The topological polar surface area (TPSA) is 49.4 Å². The number of nitrogens with one attached hydrogen (secondary N) is 1. The molecule has 0 radical (unpaired) electrons. The lowest BCUT2D eigenvalue weighted by Crippen LogP contribution is -2.45. The van der Waals surface area contributed by atoms with E-state index in [1.165, 1.54) is 0 Å². The molecule has 1 N–H and O–H groups in total. The maximum atomic E-state index is 11.5. The molecule has 0 aliphatic heterocycles. The van der Waals surface area contributed by atoms with Gasteiger partial charge in [0.15, 0.2) is 9.84 Å². The Morgan fingerprint density at radius 1 is 1.06 bits per heavy atom. The van der Waals surface area contributed by atoms with E-state index in [0.717, 1.165) is 19.6 Å². The SMILES string of the molecule is CCN(CC)CC(C)NC(C)CS(=O)(=O)CC. The Bertz CT molecular complexity index is 287. The van der Waals surface area contributed by atoms with E-state index in [1.54, 1.807) is 6.92 Å². The largest absolute Gasteiger partial charge is 0.309 e. The van der Waals surface area contributed by atoms with Gasteiger partial charge in [-0.05, 0) is 26.9 Å². The molecule has 5 heteroatoms. The van der Waals surface area contributed by atoms with Crippen molar-refractivity contribution < 1.29 is 8.42 Å². The first-order chi connectivity index (χ1) is 7.84. The van der Waals surface area contributed by atoms with Gasteiger partial charge >= 0.3 is 0 Å². The summed E-state index contributed by atoms with van der Waals surface area (Å²) in [5, 5.41) is 3.35. The van der Waals surface area contributed by atoms with E-state index < -0.39 is 9.84 Å². The molecular formula is C12H28N2O2S. The van der Waals surface area contributed by atoms with E-state index in [0.29, 0.717) is 6.04 Å². The predicted octanol–water partition coefficient (Wildman–Crippen LogP) is 1.13. The second-order valence-corrected chi connectivity index (χ2v) is 7.05. The first kappa shape index (κ1) is 16.9. The molecule has 0 aliphatic rings. The molecule has 0 aliphatic carbocycles. The summed E-state index contributed by atoms with van der Waals surface area (Å²) in [4.78, 5) is 2.33. The van der Waals surface area contributed by atoms with Crippen LogP contribution in [0.1, 0.15) is 34.6 Å². The van der Waals surface area contributed by atoms with Crippen LogP contribution in [0.15, 0.2) is 0 Å². The molecule has 0 saturated heterocycles. The summed E-state index contributed by atoms with van der Waals surface area (Å²) in [6.45, 7) is 13.0. The summed E-state index contributed by atoms with van der Waals surface area (Å²) in [6.07, 6.45) is 0. The minimum Gasteiger partial charge on any atom is -0.309 e. The lowest BCUT2D eigenvalue weighted by molar-refractivity contribution is 0.265. The lowest BCUT2D eigenvalue weighted by Gasteiger charge is -2.26. The molecule has 4 nitrogen and oxygen atoms in total. The zero-order chi connectivity index (χ0) is 13.5. The van der Waals surface area contributed by atoms with Gasteiger partial charge in [0.05, 0.1) is 5.75 Å². The van der Waals surface area contributed by atoms with Crippen molar-refractivity contribution in [3.63, 3.8) is 0 Å². The zero-order valence-corrected chi connectivity index (χ0v) is 12.7. The van der Waals surface area contributed by atoms with Crippen molar-refractivity contribution in [2.24, 2.45) is 0 Å². The molecule has 0 aromatic carbocycles. The Morgan fingerprint density at radius 3 is 2.00 bits per heavy atom. The summed E-state index contributed by atoms with van der Waals surface area (Å²) in [5.74, 6) is 0.454. The second-order valence-electron chi connectivity index (χ2n) is 4.65. The van der Waals surface area contributed by atoms with Gasteiger partial charge in [-0.15, -0.1) is 0 Å². The van der Waals surface area contributed by atoms with E-state index >= 15 is 0 Å². The van der Waals surface area contributed by atoms with Crippen molar-refractivity contribution in [1.29, 1.82) is 0 Å². The quantitative estimate of drug-likeness (QED) is 0.678. The third kappa shape index (κ3) is 7.73. The van der Waals surface area contributed by atoms with Gasteiger partial charge < -0.3 is 10.2 Å². The first-order valence-electron chi connectivity index (χ1n) is 6.53. The molecule has 17 heavy (non-hydrogen) atoms. The van der Waals surface area contributed by atoms with Gasteiger partial charge in [0.1, 0.15) is 0 Å². The third-order valence-corrected chi connectivity index (χ3v) is 4.83. The zero-order valence-electron chi connectivity index (χ0n) is 11.9. The third-order valence-electron chi connectivity index (χ3n) is 2.94. The highest BCUT2D eigenvalue weighted by atomic mass is 32.2. The normalized spacial score (nSPS) is 16.1. The van der Waals surface area contributed by atoms with E-state index in [-0.39, 0.29) is 17.5 Å². The van der Waals surface area contributed by atoms with E-state index in [9.17, 15) is 8.42 Å². The van der Waals surface area contributed by atoms with Gasteiger partial charge in [-0.25, -0.2) is 8.42 Å². The average molecular weight is 264 g/mol. The molecule has 0 spiro atoms. The predicted molar refractivity (Wildman–Crippen MR) is 74.2 cm³/mol. The number of hydrogen-bond acceptors (Lipinski definition) is 4. The minimum absolute atomic E-state index is 0.0190. The van der Waals surface area contributed by atoms with Crippen molar-refractivity contribution in [2.45, 2.75) is 46.7 Å². The monoisotopic (exact) mass is 264 g/mol. The molecule has 0 rings (SSSR count). The van der Waals surface area contributed by atoms with Crippen molar-refractivity contribution in [2.75, 3.05) is 31.1 Å². The molecule has 2 atom stereocenters. The molecular weight excluding hydrogens is 236 g/mol. The molecule has 0 aromatic heterocycles. The molecule has 0 saturated carbocycles. The second kappa shape index (κ2) is 8.06. The van der Waals surface area contributed by atoms with Crippen LogP contribution >= 0.6 is 0 Å². The van der Waals surface area contributed by atoms with Gasteiger partial charge in [-0.2, -0.15) is 0 Å². The number of rotatable bonds is 9. The Morgan fingerprint density at radius 2 is 1.59 bits per heavy atom. The summed E-state index contributed by atoms with van der Waals surface area (Å²) >= 11 is 0.